The number of hydrogen-bond acceptors (Lipinski definition) is 6. The average molecular weight is 664 g/mol. The largest absolute Gasteiger partial charge is 0.573 e. The van der Waals surface area contributed by atoms with Crippen LogP contribution >= 0.6 is 11.6 Å². The van der Waals surface area contributed by atoms with E-state index in [0.29, 0.717) is 24.2 Å². The van der Waals surface area contributed by atoms with Crippen LogP contribution in [0.1, 0.15) is 23.1 Å². The molecule has 0 amide bonds. The Kier molecular flexibility index (Phi) is 10.4. The van der Waals surface area contributed by atoms with Crippen molar-refractivity contribution in [3.63, 3.8) is 0 Å². The molecule has 1 aromatic heterocycles. The van der Waals surface area contributed by atoms with Crippen molar-refractivity contribution >= 4 is 32.5 Å². The number of aryl methyl sites for hydroxylation is 1. The number of halogens is 4. The number of sulfonamides is 1. The third kappa shape index (κ3) is 8.99. The van der Waals surface area contributed by atoms with E-state index in [1.807, 2.05) is 24.4 Å². The second-order valence-corrected chi connectivity index (χ2v) is 13.6. The highest BCUT2D eigenvalue weighted by Gasteiger charge is 2.31. The Balaban J connectivity index is 1.42. The zero-order chi connectivity index (χ0) is 32.2. The van der Waals surface area contributed by atoms with Crippen LogP contribution in [0.2, 0.25) is 5.02 Å². The van der Waals surface area contributed by atoms with Crippen molar-refractivity contribution in [3.8, 4) is 16.9 Å². The van der Waals surface area contributed by atoms with E-state index < -0.39 is 22.1 Å². The van der Waals surface area contributed by atoms with Crippen LogP contribution in [0.15, 0.2) is 66.9 Å². The molecule has 0 aliphatic carbocycles. The fourth-order valence-electron chi connectivity index (χ4n) is 5.72. The molecule has 1 saturated heterocycles. The van der Waals surface area contributed by atoms with Gasteiger partial charge in [-0.1, -0.05) is 41.9 Å². The van der Waals surface area contributed by atoms with Crippen LogP contribution in [0.5, 0.6) is 5.75 Å². The van der Waals surface area contributed by atoms with Crippen molar-refractivity contribution in [3.05, 3.63) is 88.6 Å². The number of rotatable bonds is 12. The summed E-state index contributed by atoms with van der Waals surface area (Å²) in [7, 11) is -3.61. The van der Waals surface area contributed by atoms with Gasteiger partial charge >= 0.3 is 6.36 Å². The van der Waals surface area contributed by atoms with Crippen LogP contribution in [0, 0.1) is 0 Å². The third-order valence-electron chi connectivity index (χ3n) is 7.90. The highest BCUT2D eigenvalue weighted by atomic mass is 35.5. The van der Waals surface area contributed by atoms with Gasteiger partial charge in [-0.3, -0.25) is 9.80 Å². The first kappa shape index (κ1) is 33.2. The summed E-state index contributed by atoms with van der Waals surface area (Å²) >= 11 is 6.37. The van der Waals surface area contributed by atoms with Gasteiger partial charge in [0.1, 0.15) is 5.75 Å². The molecule has 242 valence electrons. The molecule has 3 aromatic carbocycles. The van der Waals surface area contributed by atoms with E-state index in [1.165, 1.54) is 12.1 Å². The molecule has 1 aliphatic rings. The molecule has 0 saturated carbocycles. The van der Waals surface area contributed by atoms with Gasteiger partial charge < -0.3 is 15.0 Å². The lowest BCUT2D eigenvalue weighted by atomic mass is 9.98. The van der Waals surface area contributed by atoms with Gasteiger partial charge in [0.15, 0.2) is 0 Å². The van der Waals surface area contributed by atoms with Gasteiger partial charge in [-0.05, 0) is 65.6 Å². The molecule has 3 N–H and O–H groups in total. The third-order valence-corrected chi connectivity index (χ3v) is 8.93. The maximum absolute atomic E-state index is 13.0. The first-order valence-electron chi connectivity index (χ1n) is 14.7. The summed E-state index contributed by atoms with van der Waals surface area (Å²) in [6.07, 6.45) is -1.17. The Bertz CT molecular complexity index is 1740. The summed E-state index contributed by atoms with van der Waals surface area (Å²) in [5, 5.41) is 1.70. The first-order valence-corrected chi connectivity index (χ1v) is 17.0. The van der Waals surface area contributed by atoms with E-state index in [2.05, 4.69) is 48.1 Å². The Hall–Kier alpha value is -3.13. The number of nitrogens with two attached hydrogens (primary N) is 1. The van der Waals surface area contributed by atoms with Crippen LogP contribution < -0.4 is 15.2 Å². The zero-order valence-corrected chi connectivity index (χ0v) is 26.6. The van der Waals surface area contributed by atoms with Gasteiger partial charge in [-0.25, -0.2) is 13.1 Å². The number of ether oxygens (including phenoxy) is 1. The standard InChI is InChI=1S/C32H37ClF3N5O3S/c1-45(42,43)38-19-25-18-26(44-32(34,35)36)8-9-27(25)29-22-41(12-4-11-37)31-10-7-23(17-28(29)31)20-39-13-15-40(16-14-39)21-24-5-2-3-6-30(24)33/h2-3,5-10,17-18,22,38H,4,11-16,19-21,37H2,1H3. The molecular formula is C32H37ClF3N5O3S. The lowest BCUT2D eigenvalue weighted by molar-refractivity contribution is -0.274. The minimum atomic E-state index is -4.88. The molecule has 8 nitrogen and oxygen atoms in total. The summed E-state index contributed by atoms with van der Waals surface area (Å²) in [6, 6.07) is 18.2. The van der Waals surface area contributed by atoms with Crippen LogP contribution in [0.25, 0.3) is 22.0 Å². The Morgan fingerprint density at radius 2 is 1.64 bits per heavy atom. The van der Waals surface area contributed by atoms with Gasteiger partial charge in [0.2, 0.25) is 10.0 Å². The Morgan fingerprint density at radius 3 is 2.31 bits per heavy atom. The summed E-state index contributed by atoms with van der Waals surface area (Å²) < 4.78 is 71.5. The molecule has 45 heavy (non-hydrogen) atoms. The molecule has 5 rings (SSSR count). The van der Waals surface area contributed by atoms with Crippen molar-refractivity contribution in [1.29, 1.82) is 0 Å². The maximum atomic E-state index is 13.0. The van der Waals surface area contributed by atoms with Crippen molar-refractivity contribution in [1.82, 2.24) is 19.1 Å². The van der Waals surface area contributed by atoms with E-state index in [9.17, 15) is 21.6 Å². The topological polar surface area (TPSA) is 92.8 Å². The summed E-state index contributed by atoms with van der Waals surface area (Å²) in [5.74, 6) is -0.419. The number of benzene rings is 3. The minimum absolute atomic E-state index is 0.198. The van der Waals surface area contributed by atoms with Gasteiger partial charge in [0, 0.05) is 80.0 Å². The van der Waals surface area contributed by atoms with E-state index in [1.54, 1.807) is 6.07 Å². The molecule has 1 fully saturated rings. The van der Waals surface area contributed by atoms with Crippen molar-refractivity contribution in [2.75, 3.05) is 39.0 Å². The molecule has 1 aliphatic heterocycles. The fourth-order valence-corrected chi connectivity index (χ4v) is 6.33. The van der Waals surface area contributed by atoms with Crippen molar-refractivity contribution < 1.29 is 26.3 Å². The molecule has 0 radical (unpaired) electrons. The van der Waals surface area contributed by atoms with Crippen molar-refractivity contribution in [2.24, 2.45) is 5.73 Å². The molecule has 0 unspecified atom stereocenters. The normalized spacial score (nSPS) is 15.2. The summed E-state index contributed by atoms with van der Waals surface area (Å²) in [5.41, 5.74) is 10.7. The molecule has 2 heterocycles. The zero-order valence-electron chi connectivity index (χ0n) is 25.0. The Labute approximate surface area is 266 Å². The van der Waals surface area contributed by atoms with E-state index in [-0.39, 0.29) is 6.54 Å². The quantitative estimate of drug-likeness (QED) is 0.206. The number of nitrogens with zero attached hydrogens (tertiary/aromatic N) is 3. The summed E-state index contributed by atoms with van der Waals surface area (Å²) in [4.78, 5) is 4.80. The first-order chi connectivity index (χ1) is 21.4. The van der Waals surface area contributed by atoms with Crippen molar-refractivity contribution in [2.45, 2.75) is 39.0 Å². The lowest BCUT2D eigenvalue weighted by Gasteiger charge is -2.35. The van der Waals surface area contributed by atoms with Crippen LogP contribution in [-0.2, 0) is 36.2 Å². The molecule has 13 heteroatoms. The number of aromatic nitrogens is 1. The van der Waals surface area contributed by atoms with E-state index in [0.717, 1.165) is 84.6 Å². The number of hydrogen-bond donors (Lipinski definition) is 2. The van der Waals surface area contributed by atoms with Gasteiger partial charge in [0.05, 0.1) is 6.26 Å². The van der Waals surface area contributed by atoms with Gasteiger partial charge in [-0.15, -0.1) is 13.2 Å². The van der Waals surface area contributed by atoms with Crippen LogP contribution in [-0.4, -0.2) is 68.1 Å². The average Bonchev–Trinajstić information content (AvgIpc) is 3.33. The van der Waals surface area contributed by atoms with E-state index >= 15 is 0 Å². The molecule has 0 spiro atoms. The highest BCUT2D eigenvalue weighted by Crippen LogP contribution is 2.36. The van der Waals surface area contributed by atoms with Gasteiger partial charge in [-0.2, -0.15) is 0 Å². The highest BCUT2D eigenvalue weighted by molar-refractivity contribution is 7.88. The van der Waals surface area contributed by atoms with Crippen LogP contribution in [0.4, 0.5) is 13.2 Å². The monoisotopic (exact) mass is 663 g/mol. The Morgan fingerprint density at radius 1 is 0.933 bits per heavy atom. The SMILES string of the molecule is CS(=O)(=O)NCc1cc(OC(F)(F)F)ccc1-c1cn(CCCN)c2ccc(CN3CCN(Cc4ccccc4Cl)CC3)cc12. The van der Waals surface area contributed by atoms with Gasteiger partial charge in [0.25, 0.3) is 0 Å². The molecular weight excluding hydrogens is 627 g/mol. The number of fused-ring (bicyclic) bond motifs is 1. The smallest absolute Gasteiger partial charge is 0.406 e. The number of alkyl halides is 3. The minimum Gasteiger partial charge on any atom is -0.406 e. The molecule has 0 atom stereocenters. The fraction of sp³-hybridized carbons (Fsp3) is 0.375. The molecule has 4 aromatic rings. The second kappa shape index (κ2) is 14.1. The number of piperazine rings is 1. The predicted octanol–water partition coefficient (Wildman–Crippen LogP) is 5.58. The molecule has 0 bridgehead atoms. The lowest BCUT2D eigenvalue weighted by Crippen LogP contribution is -2.45. The maximum Gasteiger partial charge on any atom is 0.573 e. The second-order valence-electron chi connectivity index (χ2n) is 11.3. The summed E-state index contributed by atoms with van der Waals surface area (Å²) in [6.45, 7) is 6.13. The number of nitrogens with one attached hydrogen (secondary N) is 1. The van der Waals surface area contributed by atoms with Crippen LogP contribution in [0.3, 0.4) is 0 Å². The van der Waals surface area contributed by atoms with E-state index in [4.69, 9.17) is 17.3 Å². The predicted molar refractivity (Wildman–Crippen MR) is 171 cm³/mol.